The zero-order chi connectivity index (χ0) is 18.4. The van der Waals surface area contributed by atoms with Crippen LogP contribution in [0.1, 0.15) is 75.8 Å². The molecule has 1 nitrogen and oxygen atoms in total. The summed E-state index contributed by atoms with van der Waals surface area (Å²) in [6, 6.07) is 17.7. The lowest BCUT2D eigenvalue weighted by Gasteiger charge is -2.27. The highest BCUT2D eigenvalue weighted by atomic mass is 16.1. The first-order valence-corrected chi connectivity index (χ1v) is 10.4. The van der Waals surface area contributed by atoms with Gasteiger partial charge in [0.2, 0.25) is 0 Å². The third-order valence-electron chi connectivity index (χ3n) is 5.99. The number of benzene rings is 2. The van der Waals surface area contributed by atoms with Gasteiger partial charge >= 0.3 is 0 Å². The summed E-state index contributed by atoms with van der Waals surface area (Å²) in [4.78, 5) is 12.5. The van der Waals surface area contributed by atoms with Crippen LogP contribution >= 0.6 is 0 Å². The molecule has 1 saturated carbocycles. The van der Waals surface area contributed by atoms with E-state index in [0.29, 0.717) is 11.7 Å². The Morgan fingerprint density at radius 2 is 1.50 bits per heavy atom. The molecule has 138 valence electrons. The Morgan fingerprint density at radius 1 is 0.846 bits per heavy atom. The van der Waals surface area contributed by atoms with E-state index in [0.717, 1.165) is 19.3 Å². The molecule has 1 aliphatic rings. The van der Waals surface area contributed by atoms with Crippen molar-refractivity contribution < 1.29 is 4.79 Å². The molecule has 0 aliphatic heterocycles. The zero-order valence-corrected chi connectivity index (χ0v) is 16.3. The van der Waals surface area contributed by atoms with Crippen molar-refractivity contribution in [1.29, 1.82) is 0 Å². The maximum absolute atomic E-state index is 12.5. The number of Topliss-reactive ketones (excluding diaryl/α,β-unsaturated/α-hetero) is 1. The number of ketones is 1. The van der Waals surface area contributed by atoms with E-state index in [2.05, 4.69) is 62.4 Å². The average Bonchev–Trinajstić information content (AvgIpc) is 2.69. The molecule has 1 aliphatic carbocycles. The molecule has 26 heavy (non-hydrogen) atoms. The molecule has 2 aromatic carbocycles. The second kappa shape index (κ2) is 9.16. The quantitative estimate of drug-likeness (QED) is 0.495. The molecule has 0 heterocycles. The van der Waals surface area contributed by atoms with Crippen LogP contribution in [0.15, 0.2) is 48.5 Å². The summed E-state index contributed by atoms with van der Waals surface area (Å²) in [6.07, 6.45) is 9.13. The first-order valence-electron chi connectivity index (χ1n) is 10.4. The third-order valence-corrected chi connectivity index (χ3v) is 5.99. The van der Waals surface area contributed by atoms with Gasteiger partial charge < -0.3 is 0 Å². The molecule has 0 unspecified atom stereocenters. The van der Waals surface area contributed by atoms with Crippen molar-refractivity contribution in [1.82, 2.24) is 0 Å². The Kier molecular flexibility index (Phi) is 6.66. The van der Waals surface area contributed by atoms with Crippen LogP contribution in [-0.4, -0.2) is 5.78 Å². The molecular weight excluding hydrogens is 316 g/mol. The van der Waals surface area contributed by atoms with Gasteiger partial charge in [0.25, 0.3) is 0 Å². The van der Waals surface area contributed by atoms with Crippen LogP contribution < -0.4 is 0 Å². The van der Waals surface area contributed by atoms with E-state index >= 15 is 0 Å². The van der Waals surface area contributed by atoms with E-state index in [1.165, 1.54) is 54.4 Å². The molecule has 1 fully saturated rings. The number of aryl methyl sites for hydroxylation is 1. The Balaban J connectivity index is 1.65. The van der Waals surface area contributed by atoms with Crippen LogP contribution in [0.25, 0.3) is 11.1 Å². The molecule has 0 amide bonds. The Hall–Kier alpha value is -1.89. The smallest absolute Gasteiger partial charge is 0.140 e. The van der Waals surface area contributed by atoms with Crippen molar-refractivity contribution in [3.8, 4) is 11.1 Å². The maximum Gasteiger partial charge on any atom is 0.140 e. The number of hydrogen-bond acceptors (Lipinski definition) is 1. The Morgan fingerprint density at radius 3 is 2.08 bits per heavy atom. The lowest BCUT2D eigenvalue weighted by atomic mass is 9.77. The average molecular weight is 349 g/mol. The normalized spacial score (nSPS) is 20.3. The summed E-state index contributed by atoms with van der Waals surface area (Å²) < 4.78 is 0. The summed E-state index contributed by atoms with van der Waals surface area (Å²) in [6.45, 7) is 4.44. The van der Waals surface area contributed by atoms with Gasteiger partial charge in [-0.05, 0) is 53.9 Å². The summed E-state index contributed by atoms with van der Waals surface area (Å²) in [5.74, 6) is 1.16. The maximum atomic E-state index is 12.5. The minimum Gasteiger partial charge on any atom is -0.299 e. The van der Waals surface area contributed by atoms with Gasteiger partial charge in [0.1, 0.15) is 5.78 Å². The van der Waals surface area contributed by atoms with Gasteiger partial charge in [0, 0.05) is 12.3 Å². The summed E-state index contributed by atoms with van der Waals surface area (Å²) in [5, 5.41) is 0. The van der Waals surface area contributed by atoms with Crippen LogP contribution in [0.2, 0.25) is 0 Å². The van der Waals surface area contributed by atoms with Crippen molar-refractivity contribution in [2.45, 2.75) is 71.1 Å². The van der Waals surface area contributed by atoms with Crippen molar-refractivity contribution in [3.05, 3.63) is 59.7 Å². The number of carbonyl (C=O) groups is 1. The fourth-order valence-corrected chi connectivity index (χ4v) is 4.14. The molecule has 0 aromatic heterocycles. The van der Waals surface area contributed by atoms with E-state index in [1.54, 1.807) is 0 Å². The largest absolute Gasteiger partial charge is 0.299 e. The highest BCUT2D eigenvalue weighted by molar-refractivity contribution is 5.86. The molecule has 0 radical (unpaired) electrons. The fourth-order valence-electron chi connectivity index (χ4n) is 4.14. The van der Waals surface area contributed by atoms with E-state index in [-0.39, 0.29) is 5.92 Å². The van der Waals surface area contributed by atoms with Gasteiger partial charge in [-0.1, -0.05) is 81.6 Å². The molecule has 2 atom stereocenters. The minimum atomic E-state index is 0.118. The standard InChI is InChI=1S/C25H32O/c1-3-5-6-7-20-8-11-21(12-9-20)22-13-15-23(16-14-22)24-17-10-19(4-2)18-25(24)26/h8-9,11-16,19,24H,3-7,10,17-18H2,1-2H3/t19-,24+/m1/s1. The van der Waals surface area contributed by atoms with Gasteiger partial charge in [-0.3, -0.25) is 4.79 Å². The molecule has 3 rings (SSSR count). The number of carbonyl (C=O) groups excluding carboxylic acids is 1. The van der Waals surface area contributed by atoms with Crippen molar-refractivity contribution in [2.75, 3.05) is 0 Å². The number of unbranched alkanes of at least 4 members (excludes halogenated alkanes) is 2. The second-order valence-corrected chi connectivity index (χ2v) is 7.85. The van der Waals surface area contributed by atoms with Crippen molar-refractivity contribution in [3.63, 3.8) is 0 Å². The van der Waals surface area contributed by atoms with Crippen molar-refractivity contribution >= 4 is 5.78 Å². The van der Waals surface area contributed by atoms with Gasteiger partial charge in [-0.15, -0.1) is 0 Å². The SMILES string of the molecule is CCCCCc1ccc(-c2ccc([C@@H]3CC[C@@H](CC)CC3=O)cc2)cc1. The van der Waals surface area contributed by atoms with Crippen LogP contribution in [0, 0.1) is 5.92 Å². The Bertz CT molecular complexity index is 696. The molecule has 1 heteroatoms. The predicted molar refractivity (Wildman–Crippen MR) is 110 cm³/mol. The van der Waals surface area contributed by atoms with Crippen LogP contribution in [0.3, 0.4) is 0 Å². The molecule has 0 spiro atoms. The minimum absolute atomic E-state index is 0.118. The summed E-state index contributed by atoms with van der Waals surface area (Å²) in [5.41, 5.74) is 5.13. The highest BCUT2D eigenvalue weighted by Gasteiger charge is 2.28. The summed E-state index contributed by atoms with van der Waals surface area (Å²) >= 11 is 0. The monoisotopic (exact) mass is 348 g/mol. The fraction of sp³-hybridized carbons (Fsp3) is 0.480. The van der Waals surface area contributed by atoms with Gasteiger partial charge in [0.15, 0.2) is 0 Å². The molecule has 2 aromatic rings. The van der Waals surface area contributed by atoms with Crippen LogP contribution in [0.5, 0.6) is 0 Å². The second-order valence-electron chi connectivity index (χ2n) is 7.85. The third kappa shape index (κ3) is 4.63. The summed E-state index contributed by atoms with van der Waals surface area (Å²) in [7, 11) is 0. The van der Waals surface area contributed by atoms with Crippen LogP contribution in [-0.2, 0) is 11.2 Å². The van der Waals surface area contributed by atoms with Gasteiger partial charge in [-0.2, -0.15) is 0 Å². The first kappa shape index (κ1) is 18.9. The van der Waals surface area contributed by atoms with Gasteiger partial charge in [0.05, 0.1) is 0 Å². The van der Waals surface area contributed by atoms with Gasteiger partial charge in [-0.25, -0.2) is 0 Å². The highest BCUT2D eigenvalue weighted by Crippen LogP contribution is 2.35. The molecular formula is C25H32O. The zero-order valence-electron chi connectivity index (χ0n) is 16.3. The van der Waals surface area contributed by atoms with E-state index in [1.807, 2.05) is 0 Å². The van der Waals surface area contributed by atoms with Crippen molar-refractivity contribution in [2.24, 2.45) is 5.92 Å². The number of hydrogen-bond donors (Lipinski definition) is 0. The number of rotatable bonds is 7. The molecule has 0 N–H and O–H groups in total. The lowest BCUT2D eigenvalue weighted by molar-refractivity contribution is -0.123. The molecule has 0 bridgehead atoms. The predicted octanol–water partition coefficient (Wildman–Crippen LogP) is 6.95. The van der Waals surface area contributed by atoms with E-state index < -0.39 is 0 Å². The van der Waals surface area contributed by atoms with Crippen LogP contribution in [0.4, 0.5) is 0 Å². The van der Waals surface area contributed by atoms with E-state index in [9.17, 15) is 4.79 Å². The topological polar surface area (TPSA) is 17.1 Å². The Labute approximate surface area is 158 Å². The molecule has 0 saturated heterocycles. The first-order chi connectivity index (χ1) is 12.7. The van der Waals surface area contributed by atoms with E-state index in [4.69, 9.17) is 0 Å². The lowest BCUT2D eigenvalue weighted by Crippen LogP contribution is -2.23.